The number of aromatic amines is 1. The zero-order chi connectivity index (χ0) is 22.0. The van der Waals surface area contributed by atoms with Crippen LogP contribution in [-0.4, -0.2) is 25.8 Å². The van der Waals surface area contributed by atoms with Crippen molar-refractivity contribution in [3.63, 3.8) is 0 Å². The Morgan fingerprint density at radius 3 is 2.61 bits per heavy atom. The van der Waals surface area contributed by atoms with Crippen LogP contribution in [0.2, 0.25) is 5.02 Å². The first kappa shape index (κ1) is 21.2. The summed E-state index contributed by atoms with van der Waals surface area (Å²) >= 11 is 7.60. The Kier molecular flexibility index (Phi) is 6.15. The summed E-state index contributed by atoms with van der Waals surface area (Å²) in [6.07, 6.45) is 1.72. The maximum Gasteiger partial charge on any atom is 0.266 e. The summed E-state index contributed by atoms with van der Waals surface area (Å²) in [5.41, 5.74) is 3.10. The molecule has 1 N–H and O–H groups in total. The Labute approximate surface area is 188 Å². The summed E-state index contributed by atoms with van der Waals surface area (Å²) in [7, 11) is 0. The maximum absolute atomic E-state index is 13.5. The topological polar surface area (TPSA) is 61.9 Å². The SMILES string of the molecule is Cc1nc(C)c(C(=O)N(Cc2cnc(-c3ccccc3)[nH]2)Cc2ccc(F)cc2Cl)s1. The molecule has 2 aromatic heterocycles. The van der Waals surface area contributed by atoms with Crippen LogP contribution in [0.25, 0.3) is 11.4 Å². The van der Waals surface area contributed by atoms with Crippen LogP contribution in [0.3, 0.4) is 0 Å². The van der Waals surface area contributed by atoms with Crippen molar-refractivity contribution >= 4 is 28.8 Å². The van der Waals surface area contributed by atoms with E-state index in [4.69, 9.17) is 11.6 Å². The predicted molar refractivity (Wildman–Crippen MR) is 121 cm³/mol. The van der Waals surface area contributed by atoms with Gasteiger partial charge in [-0.05, 0) is 31.5 Å². The molecule has 0 radical (unpaired) electrons. The van der Waals surface area contributed by atoms with Crippen molar-refractivity contribution in [2.24, 2.45) is 0 Å². The zero-order valence-corrected chi connectivity index (χ0v) is 18.6. The lowest BCUT2D eigenvalue weighted by Crippen LogP contribution is -2.30. The molecule has 4 aromatic rings. The van der Waals surface area contributed by atoms with Gasteiger partial charge in [0.05, 0.1) is 29.1 Å². The molecular weight excluding hydrogens is 435 g/mol. The van der Waals surface area contributed by atoms with Crippen LogP contribution in [-0.2, 0) is 13.1 Å². The maximum atomic E-state index is 13.5. The molecule has 0 fully saturated rings. The molecular formula is C23H20ClFN4OS. The van der Waals surface area contributed by atoms with Crippen molar-refractivity contribution < 1.29 is 9.18 Å². The number of H-pyrrole nitrogens is 1. The normalized spacial score (nSPS) is 11.0. The van der Waals surface area contributed by atoms with Gasteiger partial charge >= 0.3 is 0 Å². The van der Waals surface area contributed by atoms with Gasteiger partial charge < -0.3 is 9.88 Å². The van der Waals surface area contributed by atoms with Crippen LogP contribution in [0.1, 0.15) is 31.6 Å². The monoisotopic (exact) mass is 454 g/mol. The van der Waals surface area contributed by atoms with E-state index in [1.54, 1.807) is 17.2 Å². The molecule has 158 valence electrons. The van der Waals surface area contributed by atoms with E-state index in [2.05, 4.69) is 15.0 Å². The molecule has 0 saturated heterocycles. The fraction of sp³-hybridized carbons (Fsp3) is 0.174. The van der Waals surface area contributed by atoms with Gasteiger partial charge in [-0.15, -0.1) is 11.3 Å². The Morgan fingerprint density at radius 1 is 1.16 bits per heavy atom. The lowest BCUT2D eigenvalue weighted by molar-refractivity contribution is 0.0732. The second kappa shape index (κ2) is 8.99. The number of rotatable bonds is 6. The quantitative estimate of drug-likeness (QED) is 0.401. The minimum Gasteiger partial charge on any atom is -0.340 e. The number of halogens is 2. The summed E-state index contributed by atoms with van der Waals surface area (Å²) in [6.45, 7) is 4.22. The van der Waals surface area contributed by atoms with Gasteiger partial charge in [0, 0.05) is 17.1 Å². The summed E-state index contributed by atoms with van der Waals surface area (Å²) in [4.78, 5) is 27.8. The number of carbonyl (C=O) groups excluding carboxylic acids is 1. The molecule has 2 aromatic carbocycles. The van der Waals surface area contributed by atoms with Crippen LogP contribution in [0.5, 0.6) is 0 Å². The van der Waals surface area contributed by atoms with Crippen molar-refractivity contribution in [1.82, 2.24) is 19.9 Å². The molecule has 0 aliphatic carbocycles. The summed E-state index contributed by atoms with van der Waals surface area (Å²) in [5, 5.41) is 1.11. The molecule has 5 nitrogen and oxygen atoms in total. The van der Waals surface area contributed by atoms with E-state index in [-0.39, 0.29) is 17.5 Å². The van der Waals surface area contributed by atoms with Crippen molar-refractivity contribution in [1.29, 1.82) is 0 Å². The van der Waals surface area contributed by atoms with E-state index in [1.807, 2.05) is 44.2 Å². The Morgan fingerprint density at radius 2 is 1.94 bits per heavy atom. The highest BCUT2D eigenvalue weighted by Gasteiger charge is 2.23. The van der Waals surface area contributed by atoms with Crippen LogP contribution in [0.4, 0.5) is 4.39 Å². The number of nitrogens with one attached hydrogen (secondary N) is 1. The third kappa shape index (κ3) is 4.84. The summed E-state index contributed by atoms with van der Waals surface area (Å²) in [6, 6.07) is 14.0. The van der Waals surface area contributed by atoms with E-state index < -0.39 is 5.82 Å². The zero-order valence-electron chi connectivity index (χ0n) is 17.0. The van der Waals surface area contributed by atoms with Gasteiger partial charge in [-0.1, -0.05) is 48.0 Å². The first-order valence-electron chi connectivity index (χ1n) is 9.67. The highest BCUT2D eigenvalue weighted by Crippen LogP contribution is 2.25. The number of hydrogen-bond acceptors (Lipinski definition) is 4. The van der Waals surface area contributed by atoms with Crippen molar-refractivity contribution in [3.8, 4) is 11.4 Å². The lowest BCUT2D eigenvalue weighted by atomic mass is 10.2. The van der Waals surface area contributed by atoms with Crippen molar-refractivity contribution in [2.75, 3.05) is 0 Å². The number of aromatic nitrogens is 3. The average molecular weight is 455 g/mol. The molecule has 0 aliphatic rings. The smallest absolute Gasteiger partial charge is 0.266 e. The predicted octanol–water partition coefficient (Wildman–Crippen LogP) is 5.79. The summed E-state index contributed by atoms with van der Waals surface area (Å²) in [5.74, 6) is 0.161. The Balaban J connectivity index is 1.64. The van der Waals surface area contributed by atoms with Crippen LogP contribution in [0.15, 0.2) is 54.7 Å². The van der Waals surface area contributed by atoms with E-state index in [1.165, 1.54) is 23.5 Å². The first-order valence-corrected chi connectivity index (χ1v) is 10.9. The van der Waals surface area contributed by atoms with Gasteiger partial charge in [-0.25, -0.2) is 14.4 Å². The second-order valence-corrected chi connectivity index (χ2v) is 8.78. The van der Waals surface area contributed by atoms with Gasteiger partial charge in [0.25, 0.3) is 5.91 Å². The molecule has 4 rings (SSSR count). The van der Waals surface area contributed by atoms with E-state index in [0.29, 0.717) is 22.7 Å². The largest absolute Gasteiger partial charge is 0.340 e. The number of aryl methyl sites for hydroxylation is 2. The van der Waals surface area contributed by atoms with Crippen molar-refractivity contribution in [3.05, 3.63) is 92.4 Å². The highest BCUT2D eigenvalue weighted by molar-refractivity contribution is 7.13. The van der Waals surface area contributed by atoms with Gasteiger partial charge in [0.1, 0.15) is 16.5 Å². The van der Waals surface area contributed by atoms with Gasteiger partial charge in [-0.2, -0.15) is 0 Å². The number of benzene rings is 2. The third-order valence-electron chi connectivity index (χ3n) is 4.80. The molecule has 0 unspecified atom stereocenters. The number of amides is 1. The minimum atomic E-state index is -0.415. The third-order valence-corrected chi connectivity index (χ3v) is 6.21. The molecule has 0 saturated carbocycles. The molecule has 0 bridgehead atoms. The minimum absolute atomic E-state index is 0.153. The molecule has 0 aliphatic heterocycles. The Hall–Kier alpha value is -3.03. The van der Waals surface area contributed by atoms with Gasteiger partial charge in [-0.3, -0.25) is 4.79 Å². The summed E-state index contributed by atoms with van der Waals surface area (Å²) < 4.78 is 13.5. The van der Waals surface area contributed by atoms with Gasteiger partial charge in [0.15, 0.2) is 0 Å². The number of imidazole rings is 1. The molecule has 0 atom stereocenters. The Bertz CT molecular complexity index is 1220. The highest BCUT2D eigenvalue weighted by atomic mass is 35.5. The fourth-order valence-corrected chi connectivity index (χ4v) is 4.43. The number of nitrogens with zero attached hydrogens (tertiary/aromatic N) is 3. The van der Waals surface area contributed by atoms with Crippen LogP contribution in [0, 0.1) is 19.7 Å². The average Bonchev–Trinajstić information content (AvgIpc) is 3.35. The van der Waals surface area contributed by atoms with E-state index >= 15 is 0 Å². The van der Waals surface area contributed by atoms with Crippen molar-refractivity contribution in [2.45, 2.75) is 26.9 Å². The standard InChI is InChI=1S/C23H20ClFN4OS/c1-14-21(31-15(2)27-14)23(30)29(12-17-8-9-18(25)10-20(17)24)13-19-11-26-22(28-19)16-6-4-3-5-7-16/h3-11H,12-13H2,1-2H3,(H,26,28). The number of hydrogen-bond donors (Lipinski definition) is 1. The lowest BCUT2D eigenvalue weighted by Gasteiger charge is -2.22. The molecule has 8 heteroatoms. The fourth-order valence-electron chi connectivity index (χ4n) is 3.32. The molecule has 2 heterocycles. The molecule has 31 heavy (non-hydrogen) atoms. The molecule has 0 spiro atoms. The molecule has 1 amide bonds. The van der Waals surface area contributed by atoms with E-state index in [9.17, 15) is 9.18 Å². The van der Waals surface area contributed by atoms with Crippen LogP contribution >= 0.6 is 22.9 Å². The van der Waals surface area contributed by atoms with Crippen LogP contribution < -0.4 is 0 Å². The number of thiazole rings is 1. The van der Waals surface area contributed by atoms with E-state index in [0.717, 1.165) is 22.1 Å². The first-order chi connectivity index (χ1) is 14.9. The second-order valence-electron chi connectivity index (χ2n) is 7.17. The number of carbonyl (C=O) groups is 1. The van der Waals surface area contributed by atoms with Gasteiger partial charge in [0.2, 0.25) is 0 Å².